The largest absolute Gasteiger partial charge is 0.344 e. The predicted octanol–water partition coefficient (Wildman–Crippen LogP) is 5.28. The molecule has 0 aliphatic carbocycles. The summed E-state index contributed by atoms with van der Waals surface area (Å²) in [7, 11) is 4.34. The minimum absolute atomic E-state index is 1.29. The Balaban J connectivity index is 2.18. The molecule has 2 heterocycles. The van der Waals surface area contributed by atoms with E-state index < -0.39 is 0 Å². The van der Waals surface area contributed by atoms with Crippen LogP contribution in [0.5, 0.6) is 0 Å². The Morgan fingerprint density at radius 3 is 2.26 bits per heavy atom. The zero-order chi connectivity index (χ0) is 15.7. The van der Waals surface area contributed by atoms with Crippen LogP contribution in [0.1, 0.15) is 5.56 Å². The monoisotopic (exact) mass is 298 g/mol. The molecule has 0 fully saturated rings. The maximum Gasteiger partial charge on any atom is 0.0590 e. The highest BCUT2D eigenvalue weighted by molar-refractivity contribution is 6.25. The minimum atomic E-state index is 1.29. The molecule has 0 aliphatic heterocycles. The number of hydrogen-bond donors (Lipinski definition) is 0. The molecule has 0 amide bonds. The summed E-state index contributed by atoms with van der Waals surface area (Å²) >= 11 is 0. The molecule has 5 rings (SSSR count). The third kappa shape index (κ3) is 1.48. The lowest BCUT2D eigenvalue weighted by molar-refractivity contribution is 1.01. The van der Waals surface area contributed by atoms with E-state index in [0.29, 0.717) is 0 Å². The fourth-order valence-electron chi connectivity index (χ4n) is 4.08. The van der Waals surface area contributed by atoms with Crippen molar-refractivity contribution in [3.05, 3.63) is 60.2 Å². The van der Waals surface area contributed by atoms with Gasteiger partial charge in [0.1, 0.15) is 0 Å². The molecule has 0 bridgehead atoms. The summed E-state index contributed by atoms with van der Waals surface area (Å²) in [6.45, 7) is 2.17. The molecule has 2 nitrogen and oxygen atoms in total. The van der Waals surface area contributed by atoms with E-state index in [4.69, 9.17) is 0 Å². The smallest absolute Gasteiger partial charge is 0.0590 e. The lowest BCUT2D eigenvalue weighted by Gasteiger charge is -2.01. The maximum atomic E-state index is 2.34. The zero-order valence-corrected chi connectivity index (χ0v) is 13.6. The van der Waals surface area contributed by atoms with Gasteiger partial charge in [0.25, 0.3) is 0 Å². The molecule has 0 aliphatic rings. The van der Waals surface area contributed by atoms with Gasteiger partial charge in [-0.2, -0.15) is 0 Å². The first-order valence-electron chi connectivity index (χ1n) is 8.01. The van der Waals surface area contributed by atoms with Gasteiger partial charge in [-0.1, -0.05) is 35.9 Å². The van der Waals surface area contributed by atoms with Crippen LogP contribution in [0.25, 0.3) is 43.6 Å². The third-order valence-corrected chi connectivity index (χ3v) is 5.19. The van der Waals surface area contributed by atoms with Gasteiger partial charge in [0.05, 0.1) is 11.0 Å². The Labute approximate surface area is 134 Å². The van der Waals surface area contributed by atoms with E-state index in [1.54, 1.807) is 0 Å². The van der Waals surface area contributed by atoms with E-state index >= 15 is 0 Å². The number of aryl methyl sites for hydroxylation is 3. The third-order valence-electron chi connectivity index (χ3n) is 5.19. The summed E-state index contributed by atoms with van der Waals surface area (Å²) in [6.07, 6.45) is 0. The van der Waals surface area contributed by atoms with Gasteiger partial charge in [0.2, 0.25) is 0 Å². The van der Waals surface area contributed by atoms with Crippen molar-refractivity contribution in [2.24, 2.45) is 14.1 Å². The Morgan fingerprint density at radius 1 is 0.652 bits per heavy atom. The summed E-state index contributed by atoms with van der Waals surface area (Å²) < 4.78 is 4.65. The number of benzene rings is 3. The molecular formula is C21H18N2. The lowest BCUT2D eigenvalue weighted by Crippen LogP contribution is -1.88. The lowest BCUT2D eigenvalue weighted by atomic mass is 10.1. The van der Waals surface area contributed by atoms with Crippen LogP contribution >= 0.6 is 0 Å². The van der Waals surface area contributed by atoms with Crippen LogP contribution in [-0.4, -0.2) is 9.13 Å². The van der Waals surface area contributed by atoms with Crippen molar-refractivity contribution in [3.8, 4) is 0 Å². The summed E-state index contributed by atoms with van der Waals surface area (Å²) in [5.41, 5.74) is 6.52. The van der Waals surface area contributed by atoms with Gasteiger partial charge in [0.15, 0.2) is 0 Å². The first kappa shape index (κ1) is 12.8. The summed E-state index contributed by atoms with van der Waals surface area (Å²) in [4.78, 5) is 0. The Kier molecular flexibility index (Phi) is 2.31. The van der Waals surface area contributed by atoms with Crippen molar-refractivity contribution in [3.63, 3.8) is 0 Å². The summed E-state index contributed by atoms with van der Waals surface area (Å²) in [5, 5.41) is 5.38. The quantitative estimate of drug-likeness (QED) is 0.368. The van der Waals surface area contributed by atoms with E-state index in [2.05, 4.69) is 84.8 Å². The SMILES string of the molecule is Cc1ccc2c(c1)c1c(ccc3c4ccccc4n(C)c31)n2C. The van der Waals surface area contributed by atoms with Gasteiger partial charge < -0.3 is 9.13 Å². The highest BCUT2D eigenvalue weighted by atomic mass is 15.0. The molecule has 0 unspecified atom stereocenters. The molecule has 2 heteroatoms. The van der Waals surface area contributed by atoms with Crippen molar-refractivity contribution in [2.75, 3.05) is 0 Å². The molecule has 0 N–H and O–H groups in total. The molecule has 3 aromatic carbocycles. The van der Waals surface area contributed by atoms with Crippen molar-refractivity contribution in [1.82, 2.24) is 9.13 Å². The van der Waals surface area contributed by atoms with Gasteiger partial charge in [-0.3, -0.25) is 0 Å². The van der Waals surface area contributed by atoms with Crippen molar-refractivity contribution < 1.29 is 0 Å². The van der Waals surface area contributed by atoms with E-state index in [0.717, 1.165) is 0 Å². The Hall–Kier alpha value is -2.74. The molecule has 2 aromatic heterocycles. The molecule has 0 saturated heterocycles. The fourth-order valence-corrected chi connectivity index (χ4v) is 4.08. The standard InChI is InChI=1S/C21H18N2/c1-13-8-10-18-16(12-13)20-19(22(18)2)11-9-15-14-6-4-5-7-17(14)23(3)21(15)20/h4-12H,1-3H3. The van der Waals surface area contributed by atoms with E-state index in [9.17, 15) is 0 Å². The second kappa shape index (κ2) is 4.17. The van der Waals surface area contributed by atoms with E-state index in [1.165, 1.54) is 49.2 Å². The van der Waals surface area contributed by atoms with Gasteiger partial charge >= 0.3 is 0 Å². The van der Waals surface area contributed by atoms with Gasteiger partial charge in [-0.05, 0) is 31.2 Å². The van der Waals surface area contributed by atoms with Gasteiger partial charge in [0, 0.05) is 46.7 Å². The number of nitrogens with zero attached hydrogens (tertiary/aromatic N) is 2. The molecule has 0 atom stereocenters. The summed E-state index contributed by atoms with van der Waals surface area (Å²) in [6, 6.07) is 19.9. The number of hydrogen-bond acceptors (Lipinski definition) is 0. The van der Waals surface area contributed by atoms with Crippen molar-refractivity contribution in [1.29, 1.82) is 0 Å². The Bertz CT molecular complexity index is 1240. The second-order valence-corrected chi connectivity index (χ2v) is 6.51. The predicted molar refractivity (Wildman–Crippen MR) is 99.1 cm³/mol. The average molecular weight is 298 g/mol. The minimum Gasteiger partial charge on any atom is -0.344 e. The topological polar surface area (TPSA) is 9.86 Å². The molecule has 23 heavy (non-hydrogen) atoms. The maximum absolute atomic E-state index is 2.34. The molecular weight excluding hydrogens is 280 g/mol. The first-order valence-corrected chi connectivity index (χ1v) is 8.01. The fraction of sp³-hybridized carbons (Fsp3) is 0.143. The highest BCUT2D eigenvalue weighted by Gasteiger charge is 2.16. The van der Waals surface area contributed by atoms with Crippen LogP contribution in [-0.2, 0) is 14.1 Å². The van der Waals surface area contributed by atoms with Crippen LogP contribution in [0.15, 0.2) is 54.6 Å². The highest BCUT2D eigenvalue weighted by Crippen LogP contribution is 2.38. The van der Waals surface area contributed by atoms with Crippen molar-refractivity contribution in [2.45, 2.75) is 6.92 Å². The van der Waals surface area contributed by atoms with E-state index in [1.807, 2.05) is 0 Å². The van der Waals surface area contributed by atoms with Gasteiger partial charge in [-0.15, -0.1) is 0 Å². The number of rotatable bonds is 0. The van der Waals surface area contributed by atoms with Gasteiger partial charge in [-0.25, -0.2) is 0 Å². The van der Waals surface area contributed by atoms with E-state index in [-0.39, 0.29) is 0 Å². The summed E-state index contributed by atoms with van der Waals surface area (Å²) in [5.74, 6) is 0. The second-order valence-electron chi connectivity index (χ2n) is 6.51. The molecule has 0 spiro atoms. The molecule has 112 valence electrons. The van der Waals surface area contributed by atoms with Crippen LogP contribution in [0.3, 0.4) is 0 Å². The zero-order valence-electron chi connectivity index (χ0n) is 13.6. The first-order chi connectivity index (χ1) is 11.2. The average Bonchev–Trinajstić information content (AvgIpc) is 3.01. The van der Waals surface area contributed by atoms with Crippen LogP contribution in [0.2, 0.25) is 0 Å². The molecule has 0 radical (unpaired) electrons. The number of fused-ring (bicyclic) bond motifs is 7. The molecule has 0 saturated carbocycles. The van der Waals surface area contributed by atoms with Crippen LogP contribution in [0, 0.1) is 6.92 Å². The van der Waals surface area contributed by atoms with Crippen molar-refractivity contribution >= 4 is 43.6 Å². The van der Waals surface area contributed by atoms with Crippen LogP contribution in [0.4, 0.5) is 0 Å². The number of aromatic nitrogens is 2. The normalized spacial score (nSPS) is 12.1. The number of para-hydroxylation sites is 1. The Morgan fingerprint density at radius 2 is 1.39 bits per heavy atom. The van der Waals surface area contributed by atoms with Crippen LogP contribution < -0.4 is 0 Å². The molecule has 5 aromatic rings.